The van der Waals surface area contributed by atoms with Gasteiger partial charge >= 0.3 is 0 Å². The summed E-state index contributed by atoms with van der Waals surface area (Å²) in [5.41, 5.74) is 4.94. The average molecular weight is 578 g/mol. The molecule has 2 aliphatic heterocycles. The number of nitrogens with zero attached hydrogens (tertiary/aromatic N) is 3. The summed E-state index contributed by atoms with van der Waals surface area (Å²) < 4.78 is 5.47. The number of benzene rings is 2. The van der Waals surface area contributed by atoms with Gasteiger partial charge < -0.3 is 20.3 Å². The molecule has 1 amide bonds. The van der Waals surface area contributed by atoms with Gasteiger partial charge in [-0.25, -0.2) is 0 Å². The molecule has 0 unspecified atom stereocenters. The lowest BCUT2D eigenvalue weighted by molar-refractivity contribution is -0.118. The number of para-hydroxylation sites is 1. The topological polar surface area (TPSA) is 69.2 Å². The number of guanidine groups is 1. The van der Waals surface area contributed by atoms with E-state index in [1.165, 1.54) is 16.7 Å². The molecule has 0 radical (unpaired) electrons. The molecule has 0 spiro atoms. The summed E-state index contributed by atoms with van der Waals surface area (Å²) in [6, 6.07) is 16.7. The molecule has 4 rings (SSSR count). The fraction of sp³-hybridized carbons (Fsp3) is 0.462. The molecule has 7 nitrogen and oxygen atoms in total. The summed E-state index contributed by atoms with van der Waals surface area (Å²) >= 11 is 0. The van der Waals surface area contributed by atoms with Gasteiger partial charge in [-0.2, -0.15) is 0 Å². The van der Waals surface area contributed by atoms with Crippen molar-refractivity contribution in [3.63, 3.8) is 0 Å². The van der Waals surface area contributed by atoms with Crippen molar-refractivity contribution in [2.45, 2.75) is 32.4 Å². The first-order valence-corrected chi connectivity index (χ1v) is 11.9. The van der Waals surface area contributed by atoms with E-state index in [0.29, 0.717) is 19.5 Å². The van der Waals surface area contributed by atoms with Gasteiger partial charge in [0.25, 0.3) is 0 Å². The Hall–Kier alpha value is -2.17. The highest BCUT2D eigenvalue weighted by atomic mass is 127. The van der Waals surface area contributed by atoms with Crippen molar-refractivity contribution in [3.05, 3.63) is 65.2 Å². The normalized spacial score (nSPS) is 16.0. The first kappa shape index (κ1) is 26.4. The van der Waals surface area contributed by atoms with Crippen molar-refractivity contribution in [1.82, 2.24) is 15.5 Å². The van der Waals surface area contributed by atoms with Crippen LogP contribution in [0.5, 0.6) is 0 Å². The second-order valence-electron chi connectivity index (χ2n) is 8.54. The van der Waals surface area contributed by atoms with E-state index in [-0.39, 0.29) is 29.9 Å². The molecule has 0 aliphatic carbocycles. The minimum atomic E-state index is 0. The van der Waals surface area contributed by atoms with E-state index in [2.05, 4.69) is 50.9 Å². The highest BCUT2D eigenvalue weighted by molar-refractivity contribution is 14.0. The molecule has 0 atom stereocenters. The second kappa shape index (κ2) is 13.7. The maximum atomic E-state index is 12.7. The number of carbonyl (C=O) groups is 1. The smallest absolute Gasteiger partial charge is 0.227 e. The van der Waals surface area contributed by atoms with Gasteiger partial charge in [0.2, 0.25) is 5.91 Å². The number of halogens is 1. The Morgan fingerprint density at radius 2 is 1.74 bits per heavy atom. The third kappa shape index (κ3) is 7.16. The van der Waals surface area contributed by atoms with Crippen LogP contribution in [0.4, 0.5) is 5.69 Å². The zero-order valence-corrected chi connectivity index (χ0v) is 22.3. The number of ether oxygens (including phenoxy) is 1. The molecule has 2 heterocycles. The molecule has 2 aromatic rings. The molecule has 2 N–H and O–H groups in total. The van der Waals surface area contributed by atoms with Gasteiger partial charge in [0, 0.05) is 58.4 Å². The highest BCUT2D eigenvalue weighted by Crippen LogP contribution is 2.28. The molecule has 0 saturated carbocycles. The number of anilines is 1. The largest absolute Gasteiger partial charge is 0.379 e. The van der Waals surface area contributed by atoms with Crippen molar-refractivity contribution in [2.24, 2.45) is 4.99 Å². The molecule has 184 valence electrons. The van der Waals surface area contributed by atoms with Crippen LogP contribution in [0, 0.1) is 0 Å². The monoisotopic (exact) mass is 577 g/mol. The SMILES string of the molecule is CN=C(NCCCC(=O)N1CCc2ccccc21)NCc1ccccc1CN1CCOCC1.I. The Morgan fingerprint density at radius 1 is 1.00 bits per heavy atom. The van der Waals surface area contributed by atoms with Crippen molar-refractivity contribution in [3.8, 4) is 0 Å². The molecule has 0 bridgehead atoms. The third-order valence-electron chi connectivity index (χ3n) is 6.33. The molecule has 0 aromatic heterocycles. The van der Waals surface area contributed by atoms with Gasteiger partial charge in [-0.1, -0.05) is 42.5 Å². The number of hydrogen-bond donors (Lipinski definition) is 2. The number of fused-ring (bicyclic) bond motifs is 1. The van der Waals surface area contributed by atoms with Crippen molar-refractivity contribution in [1.29, 1.82) is 0 Å². The summed E-state index contributed by atoms with van der Waals surface area (Å²) in [7, 11) is 1.78. The summed E-state index contributed by atoms with van der Waals surface area (Å²) in [5.74, 6) is 0.955. The minimum Gasteiger partial charge on any atom is -0.379 e. The molecule has 1 fully saturated rings. The quantitative estimate of drug-likeness (QED) is 0.219. The Kier molecular flexibility index (Phi) is 10.6. The maximum Gasteiger partial charge on any atom is 0.227 e. The van der Waals surface area contributed by atoms with Gasteiger partial charge in [-0.3, -0.25) is 14.7 Å². The van der Waals surface area contributed by atoms with Crippen LogP contribution < -0.4 is 15.5 Å². The maximum absolute atomic E-state index is 12.7. The number of morpholine rings is 1. The lowest BCUT2D eigenvalue weighted by atomic mass is 10.1. The zero-order valence-electron chi connectivity index (χ0n) is 20.0. The standard InChI is InChI=1S/C26H35N5O2.HI/c1-27-26(28-13-6-11-25(32)31-14-12-21-7-4-5-10-24(21)31)29-19-22-8-2-3-9-23(22)20-30-15-17-33-18-16-30;/h2-5,7-10H,6,11-20H2,1H3,(H2,27,28,29);1H. The van der Waals surface area contributed by atoms with E-state index >= 15 is 0 Å². The van der Waals surface area contributed by atoms with Crippen LogP contribution in [-0.4, -0.2) is 63.2 Å². The van der Waals surface area contributed by atoms with E-state index in [1.807, 2.05) is 23.1 Å². The molecule has 2 aromatic carbocycles. The zero-order chi connectivity index (χ0) is 22.9. The summed E-state index contributed by atoms with van der Waals surface area (Å²) in [5, 5.41) is 6.77. The highest BCUT2D eigenvalue weighted by Gasteiger charge is 2.23. The van der Waals surface area contributed by atoms with Gasteiger partial charge in [-0.15, -0.1) is 24.0 Å². The van der Waals surface area contributed by atoms with Gasteiger partial charge in [0.1, 0.15) is 0 Å². The molecular formula is C26H36IN5O2. The predicted octanol–water partition coefficient (Wildman–Crippen LogP) is 3.17. The van der Waals surface area contributed by atoms with E-state index < -0.39 is 0 Å². The van der Waals surface area contributed by atoms with Crippen LogP contribution >= 0.6 is 24.0 Å². The fourth-order valence-electron chi connectivity index (χ4n) is 4.46. The second-order valence-corrected chi connectivity index (χ2v) is 8.54. The number of hydrogen-bond acceptors (Lipinski definition) is 4. The number of aliphatic imine (C=N–C) groups is 1. The van der Waals surface area contributed by atoms with Crippen LogP contribution in [-0.2, 0) is 29.0 Å². The predicted molar refractivity (Wildman–Crippen MR) is 148 cm³/mol. The Morgan fingerprint density at radius 3 is 2.53 bits per heavy atom. The van der Waals surface area contributed by atoms with Crippen LogP contribution in [0.1, 0.15) is 29.5 Å². The lowest BCUT2D eigenvalue weighted by Crippen LogP contribution is -2.38. The van der Waals surface area contributed by atoms with Gasteiger partial charge in [-0.05, 0) is 35.6 Å². The van der Waals surface area contributed by atoms with Crippen LogP contribution in [0.15, 0.2) is 53.5 Å². The van der Waals surface area contributed by atoms with E-state index in [4.69, 9.17) is 4.74 Å². The summed E-state index contributed by atoms with van der Waals surface area (Å²) in [6.07, 6.45) is 2.25. The molecule has 8 heteroatoms. The first-order chi connectivity index (χ1) is 16.2. The summed E-state index contributed by atoms with van der Waals surface area (Å²) in [6.45, 7) is 6.72. The molecule has 34 heavy (non-hydrogen) atoms. The van der Waals surface area contributed by atoms with Crippen molar-refractivity contribution >= 4 is 41.5 Å². The fourth-order valence-corrected chi connectivity index (χ4v) is 4.46. The molecule has 2 aliphatic rings. The minimum absolute atomic E-state index is 0. The summed E-state index contributed by atoms with van der Waals surface area (Å²) in [4.78, 5) is 21.4. The average Bonchev–Trinajstić information content (AvgIpc) is 3.29. The lowest BCUT2D eigenvalue weighted by Gasteiger charge is -2.27. The third-order valence-corrected chi connectivity index (χ3v) is 6.33. The Labute approximate surface area is 220 Å². The van der Waals surface area contributed by atoms with E-state index in [0.717, 1.165) is 63.9 Å². The van der Waals surface area contributed by atoms with E-state index in [9.17, 15) is 4.79 Å². The first-order valence-electron chi connectivity index (χ1n) is 11.9. The number of rotatable bonds is 8. The Bertz CT molecular complexity index is 962. The van der Waals surface area contributed by atoms with Gasteiger partial charge in [0.15, 0.2) is 5.96 Å². The van der Waals surface area contributed by atoms with Crippen LogP contribution in [0.3, 0.4) is 0 Å². The number of carbonyl (C=O) groups excluding carboxylic acids is 1. The van der Waals surface area contributed by atoms with Crippen molar-refractivity contribution < 1.29 is 9.53 Å². The number of nitrogens with one attached hydrogen (secondary N) is 2. The molecular weight excluding hydrogens is 541 g/mol. The number of amides is 1. The van der Waals surface area contributed by atoms with Crippen LogP contribution in [0.2, 0.25) is 0 Å². The van der Waals surface area contributed by atoms with Crippen LogP contribution in [0.25, 0.3) is 0 Å². The van der Waals surface area contributed by atoms with Crippen molar-refractivity contribution in [2.75, 3.05) is 51.3 Å². The van der Waals surface area contributed by atoms with Gasteiger partial charge in [0.05, 0.1) is 13.2 Å². The molecule has 1 saturated heterocycles. The Balaban J connectivity index is 0.00000324. The van der Waals surface area contributed by atoms with E-state index in [1.54, 1.807) is 7.05 Å².